The van der Waals surface area contributed by atoms with Gasteiger partial charge in [-0.2, -0.15) is 18.4 Å². The summed E-state index contributed by atoms with van der Waals surface area (Å²) in [7, 11) is 0. The van der Waals surface area contributed by atoms with Crippen molar-refractivity contribution in [3.05, 3.63) is 53.7 Å². The van der Waals surface area contributed by atoms with Crippen molar-refractivity contribution < 1.29 is 13.2 Å². The van der Waals surface area contributed by atoms with E-state index in [0.29, 0.717) is 11.3 Å². The van der Waals surface area contributed by atoms with Gasteiger partial charge in [-0.1, -0.05) is 18.2 Å². The highest BCUT2D eigenvalue weighted by atomic mass is 19.4. The molecule has 1 heterocycles. The molecule has 21 heavy (non-hydrogen) atoms. The molecule has 0 amide bonds. The highest BCUT2D eigenvalue weighted by molar-refractivity contribution is 5.60. The van der Waals surface area contributed by atoms with Crippen LogP contribution in [0.25, 0.3) is 11.3 Å². The van der Waals surface area contributed by atoms with Gasteiger partial charge in [0.25, 0.3) is 0 Å². The van der Waals surface area contributed by atoms with Gasteiger partial charge < -0.3 is 0 Å². The third kappa shape index (κ3) is 2.49. The molecular formula is C16H11F3N2. The van der Waals surface area contributed by atoms with Gasteiger partial charge in [0.05, 0.1) is 22.7 Å². The number of alkyl halides is 3. The Morgan fingerprint density at radius 2 is 1.71 bits per heavy atom. The smallest absolute Gasteiger partial charge is 0.256 e. The van der Waals surface area contributed by atoms with Crippen LogP contribution in [0, 0.1) is 11.3 Å². The third-order valence-corrected chi connectivity index (χ3v) is 3.79. The predicted octanol–water partition coefficient (Wildman–Crippen LogP) is 4.32. The Hall–Kier alpha value is -2.35. The summed E-state index contributed by atoms with van der Waals surface area (Å²) in [5.41, 5.74) is 1.02. The second-order valence-electron chi connectivity index (χ2n) is 5.20. The number of hydrogen-bond acceptors (Lipinski definition) is 2. The van der Waals surface area contributed by atoms with Crippen LogP contribution in [-0.2, 0) is 11.6 Å². The molecule has 1 aliphatic carbocycles. The molecule has 0 spiro atoms. The Bertz CT molecular complexity index is 690. The quantitative estimate of drug-likeness (QED) is 0.825. The highest BCUT2D eigenvalue weighted by Crippen LogP contribution is 2.47. The normalized spacial score (nSPS) is 16.3. The van der Waals surface area contributed by atoms with E-state index < -0.39 is 17.2 Å². The molecule has 0 atom stereocenters. The molecule has 0 saturated heterocycles. The number of nitriles is 1. The van der Waals surface area contributed by atoms with Gasteiger partial charge in [0, 0.05) is 11.8 Å². The van der Waals surface area contributed by atoms with Crippen molar-refractivity contribution in [2.75, 3.05) is 0 Å². The number of nitrogens with zero attached hydrogens (tertiary/aromatic N) is 2. The summed E-state index contributed by atoms with van der Waals surface area (Å²) in [5, 5.41) is 9.12. The van der Waals surface area contributed by atoms with Crippen molar-refractivity contribution in [2.45, 2.75) is 24.4 Å². The van der Waals surface area contributed by atoms with Gasteiger partial charge >= 0.3 is 6.18 Å². The second kappa shape index (κ2) is 4.59. The zero-order valence-corrected chi connectivity index (χ0v) is 11.0. The molecular weight excluding hydrogens is 277 g/mol. The van der Waals surface area contributed by atoms with Crippen LogP contribution in [0.5, 0.6) is 0 Å². The summed E-state index contributed by atoms with van der Waals surface area (Å²) in [6, 6.07) is 10.8. The van der Waals surface area contributed by atoms with Gasteiger partial charge in [0.1, 0.15) is 0 Å². The lowest BCUT2D eigenvalue weighted by Gasteiger charge is -2.09. The Morgan fingerprint density at radius 1 is 1.05 bits per heavy atom. The first-order valence-electron chi connectivity index (χ1n) is 6.50. The Labute approximate surface area is 119 Å². The van der Waals surface area contributed by atoms with Gasteiger partial charge in [-0.3, -0.25) is 4.98 Å². The van der Waals surface area contributed by atoms with Crippen LogP contribution in [0.4, 0.5) is 13.2 Å². The van der Waals surface area contributed by atoms with Crippen LogP contribution >= 0.6 is 0 Å². The van der Waals surface area contributed by atoms with Crippen molar-refractivity contribution in [1.29, 1.82) is 5.26 Å². The van der Waals surface area contributed by atoms with Crippen LogP contribution < -0.4 is 0 Å². The lowest BCUT2D eigenvalue weighted by Crippen LogP contribution is -2.04. The van der Waals surface area contributed by atoms with Crippen LogP contribution in [0.1, 0.15) is 24.0 Å². The first-order chi connectivity index (χ1) is 9.94. The van der Waals surface area contributed by atoms with Crippen LogP contribution in [-0.4, -0.2) is 4.98 Å². The van der Waals surface area contributed by atoms with E-state index in [0.717, 1.165) is 30.5 Å². The van der Waals surface area contributed by atoms with Crippen LogP contribution in [0.2, 0.25) is 0 Å². The molecule has 5 heteroatoms. The Kier molecular flexibility index (Phi) is 2.98. The predicted molar refractivity (Wildman–Crippen MR) is 71.2 cm³/mol. The molecule has 3 rings (SSSR count). The molecule has 1 aromatic heterocycles. The summed E-state index contributed by atoms with van der Waals surface area (Å²) in [6.45, 7) is 0. The van der Waals surface area contributed by atoms with E-state index in [4.69, 9.17) is 5.26 Å². The Balaban J connectivity index is 1.86. The highest BCUT2D eigenvalue weighted by Gasteiger charge is 2.45. The van der Waals surface area contributed by atoms with Crippen LogP contribution in [0.15, 0.2) is 42.6 Å². The van der Waals surface area contributed by atoms with E-state index in [9.17, 15) is 13.2 Å². The summed E-state index contributed by atoms with van der Waals surface area (Å²) in [6.07, 6.45) is -1.01. The molecule has 106 valence electrons. The monoisotopic (exact) mass is 288 g/mol. The van der Waals surface area contributed by atoms with Crippen molar-refractivity contribution >= 4 is 0 Å². The first kappa shape index (κ1) is 13.6. The number of rotatable bonds is 2. The van der Waals surface area contributed by atoms with Crippen molar-refractivity contribution in [3.8, 4) is 17.3 Å². The molecule has 0 N–H and O–H groups in total. The van der Waals surface area contributed by atoms with Crippen molar-refractivity contribution in [3.63, 3.8) is 0 Å². The van der Waals surface area contributed by atoms with E-state index in [-0.39, 0.29) is 0 Å². The van der Waals surface area contributed by atoms with Crippen LogP contribution in [0.3, 0.4) is 0 Å². The summed E-state index contributed by atoms with van der Waals surface area (Å²) >= 11 is 0. The molecule has 0 bridgehead atoms. The van der Waals surface area contributed by atoms with Crippen molar-refractivity contribution in [2.24, 2.45) is 0 Å². The summed E-state index contributed by atoms with van der Waals surface area (Å²) < 4.78 is 37.5. The van der Waals surface area contributed by atoms with Gasteiger partial charge in [0.15, 0.2) is 0 Å². The molecule has 0 unspecified atom stereocenters. The molecule has 1 saturated carbocycles. The molecule has 0 radical (unpaired) electrons. The van der Waals surface area contributed by atoms with Crippen molar-refractivity contribution in [1.82, 2.24) is 4.98 Å². The molecule has 2 nitrogen and oxygen atoms in total. The van der Waals surface area contributed by atoms with Gasteiger partial charge in [-0.15, -0.1) is 0 Å². The minimum absolute atomic E-state index is 0.397. The number of hydrogen-bond donors (Lipinski definition) is 0. The van der Waals surface area contributed by atoms with Gasteiger partial charge in [0.2, 0.25) is 0 Å². The average molecular weight is 288 g/mol. The summed E-state index contributed by atoms with van der Waals surface area (Å²) in [5.74, 6) is 0. The largest absolute Gasteiger partial charge is 0.416 e. The number of aromatic nitrogens is 1. The molecule has 1 aromatic carbocycles. The minimum Gasteiger partial charge on any atom is -0.256 e. The number of benzene rings is 1. The van der Waals surface area contributed by atoms with Gasteiger partial charge in [-0.25, -0.2) is 0 Å². The topological polar surface area (TPSA) is 36.7 Å². The van der Waals surface area contributed by atoms with E-state index in [2.05, 4.69) is 11.1 Å². The average Bonchev–Trinajstić information content (AvgIpc) is 3.28. The maximum absolute atomic E-state index is 12.5. The van der Waals surface area contributed by atoms with E-state index >= 15 is 0 Å². The Morgan fingerprint density at radius 3 is 2.14 bits per heavy atom. The SMILES string of the molecule is N#CC1(c2ccc(-c3ccc(C(F)(F)F)cc3)nc2)CC1. The molecule has 2 aromatic rings. The minimum atomic E-state index is -4.33. The molecule has 1 aliphatic rings. The lowest BCUT2D eigenvalue weighted by molar-refractivity contribution is -0.137. The molecule has 1 fully saturated rings. The molecule has 0 aliphatic heterocycles. The second-order valence-corrected chi connectivity index (χ2v) is 5.20. The maximum atomic E-state index is 12.5. The van der Waals surface area contributed by atoms with E-state index in [1.54, 1.807) is 12.3 Å². The zero-order chi connectivity index (χ0) is 15.1. The van der Waals surface area contributed by atoms with E-state index in [1.165, 1.54) is 12.1 Å². The summed E-state index contributed by atoms with van der Waals surface area (Å²) in [4.78, 5) is 4.26. The first-order valence-corrected chi connectivity index (χ1v) is 6.50. The third-order valence-electron chi connectivity index (χ3n) is 3.79. The van der Waals surface area contributed by atoms with E-state index in [1.807, 2.05) is 6.07 Å². The van der Waals surface area contributed by atoms with Gasteiger partial charge in [-0.05, 0) is 36.6 Å². The number of pyridine rings is 1. The lowest BCUT2D eigenvalue weighted by atomic mass is 9.99. The fourth-order valence-corrected chi connectivity index (χ4v) is 2.27. The standard InChI is InChI=1S/C16H11F3N2/c17-16(18,19)12-3-1-11(2-4-12)14-6-5-13(9-21-14)15(10-20)7-8-15/h1-6,9H,7-8H2. The fourth-order valence-electron chi connectivity index (χ4n) is 2.27. The maximum Gasteiger partial charge on any atom is 0.416 e. The zero-order valence-electron chi connectivity index (χ0n) is 11.0. The number of halogens is 3. The fraction of sp³-hybridized carbons (Fsp3) is 0.250.